The van der Waals surface area contributed by atoms with Crippen molar-refractivity contribution >= 4 is 23.2 Å². The van der Waals surface area contributed by atoms with Gasteiger partial charge in [-0.2, -0.15) is 0 Å². The van der Waals surface area contributed by atoms with Crippen molar-refractivity contribution in [2.75, 3.05) is 18.4 Å². The van der Waals surface area contributed by atoms with Crippen molar-refractivity contribution in [3.8, 4) is 0 Å². The minimum Gasteiger partial charge on any atom is -0.372 e. The smallest absolute Gasteiger partial charge is 0.244 e. The normalized spacial score (nSPS) is 17.1. The highest BCUT2D eigenvalue weighted by Gasteiger charge is 2.22. The van der Waals surface area contributed by atoms with Crippen LogP contribution >= 0.6 is 11.6 Å². The minimum absolute atomic E-state index is 0.166. The predicted octanol–water partition coefficient (Wildman–Crippen LogP) is 3.46. The fourth-order valence-electron chi connectivity index (χ4n) is 2.48. The van der Waals surface area contributed by atoms with Gasteiger partial charge in [0.2, 0.25) is 5.91 Å². The van der Waals surface area contributed by atoms with Gasteiger partial charge in [-0.1, -0.05) is 23.7 Å². The van der Waals surface area contributed by atoms with Gasteiger partial charge < -0.3 is 10.2 Å². The van der Waals surface area contributed by atoms with E-state index < -0.39 is 0 Å². The summed E-state index contributed by atoms with van der Waals surface area (Å²) in [7, 11) is 0. The maximum absolute atomic E-state index is 12.3. The molecular weight excluding hydrogens is 260 g/mol. The van der Waals surface area contributed by atoms with Gasteiger partial charge in [-0.25, -0.2) is 0 Å². The lowest BCUT2D eigenvalue weighted by Gasteiger charge is -2.30. The molecule has 1 amide bonds. The number of nitrogens with zero attached hydrogens (tertiary/aromatic N) is 1. The summed E-state index contributed by atoms with van der Waals surface area (Å²) < 4.78 is 0. The number of carbonyl (C=O) groups is 1. The average molecular weight is 281 g/mol. The van der Waals surface area contributed by atoms with Gasteiger partial charge in [-0.15, -0.1) is 0 Å². The molecule has 1 atom stereocenters. The standard InChI is InChI=1S/C15H21ClN2O/c1-11-7-6-8-13(16)14(11)17-12(2)15(19)18-9-4-3-5-10-18/h6-8,12,17H,3-5,9-10H2,1-2H3. The Kier molecular flexibility index (Phi) is 4.70. The summed E-state index contributed by atoms with van der Waals surface area (Å²) in [6, 6.07) is 5.51. The number of nitrogens with one attached hydrogen (secondary N) is 1. The molecule has 3 nitrogen and oxygen atoms in total. The maximum atomic E-state index is 12.3. The van der Waals surface area contributed by atoms with Gasteiger partial charge in [0.05, 0.1) is 10.7 Å². The van der Waals surface area contributed by atoms with Gasteiger partial charge in [0.15, 0.2) is 0 Å². The molecule has 1 aliphatic rings. The van der Waals surface area contributed by atoms with E-state index in [0.717, 1.165) is 37.2 Å². The lowest BCUT2D eigenvalue weighted by atomic mass is 10.1. The lowest BCUT2D eigenvalue weighted by Crippen LogP contribution is -2.44. The number of likely N-dealkylation sites (tertiary alicyclic amines) is 1. The van der Waals surface area contributed by atoms with Gasteiger partial charge in [0.25, 0.3) is 0 Å². The fourth-order valence-corrected chi connectivity index (χ4v) is 2.76. The highest BCUT2D eigenvalue weighted by Crippen LogP contribution is 2.26. The van der Waals surface area contributed by atoms with Gasteiger partial charge in [0.1, 0.15) is 6.04 Å². The average Bonchev–Trinajstić information content (AvgIpc) is 2.43. The van der Waals surface area contributed by atoms with Crippen molar-refractivity contribution in [1.29, 1.82) is 0 Å². The van der Waals surface area contributed by atoms with E-state index in [1.807, 2.05) is 36.9 Å². The summed E-state index contributed by atoms with van der Waals surface area (Å²) in [6.07, 6.45) is 3.46. The van der Waals surface area contributed by atoms with Crippen LogP contribution in [0.1, 0.15) is 31.7 Å². The van der Waals surface area contributed by atoms with Crippen molar-refractivity contribution in [2.24, 2.45) is 0 Å². The fraction of sp³-hybridized carbons (Fsp3) is 0.533. The van der Waals surface area contributed by atoms with Gasteiger partial charge >= 0.3 is 0 Å². The number of hydrogen-bond acceptors (Lipinski definition) is 2. The van der Waals surface area contributed by atoms with Crippen LogP contribution in [0, 0.1) is 6.92 Å². The molecule has 1 unspecified atom stereocenters. The second kappa shape index (κ2) is 6.29. The second-order valence-corrected chi connectivity index (χ2v) is 5.59. The van der Waals surface area contributed by atoms with Crippen LogP contribution in [-0.4, -0.2) is 29.9 Å². The Bertz CT molecular complexity index is 435. The van der Waals surface area contributed by atoms with E-state index in [4.69, 9.17) is 11.6 Å². The van der Waals surface area contributed by atoms with Gasteiger partial charge in [0, 0.05) is 13.1 Å². The van der Waals surface area contributed by atoms with Crippen LogP contribution in [0.5, 0.6) is 0 Å². The Balaban J connectivity index is 2.03. The molecule has 1 N–H and O–H groups in total. The first-order chi connectivity index (χ1) is 9.09. The van der Waals surface area contributed by atoms with Crippen LogP contribution in [0.25, 0.3) is 0 Å². The molecule has 0 saturated carbocycles. The Morgan fingerprint density at radius 1 is 1.32 bits per heavy atom. The van der Waals surface area contributed by atoms with Crippen LogP contribution in [0.2, 0.25) is 5.02 Å². The largest absolute Gasteiger partial charge is 0.372 e. The Hall–Kier alpha value is -1.22. The summed E-state index contributed by atoms with van der Waals surface area (Å²) in [5, 5.41) is 3.92. The lowest BCUT2D eigenvalue weighted by molar-refractivity contribution is -0.132. The monoisotopic (exact) mass is 280 g/mol. The van der Waals surface area contributed by atoms with E-state index >= 15 is 0 Å². The van der Waals surface area contributed by atoms with E-state index in [1.165, 1.54) is 6.42 Å². The number of aryl methyl sites for hydroxylation is 1. The maximum Gasteiger partial charge on any atom is 0.244 e. The molecule has 0 spiro atoms. The first-order valence-corrected chi connectivity index (χ1v) is 7.28. The predicted molar refractivity (Wildman–Crippen MR) is 79.7 cm³/mol. The summed E-state index contributed by atoms with van der Waals surface area (Å²) in [4.78, 5) is 14.3. The molecular formula is C15H21ClN2O. The van der Waals surface area contributed by atoms with Crippen LogP contribution in [-0.2, 0) is 4.79 Å². The number of hydrogen-bond donors (Lipinski definition) is 1. The molecule has 1 aromatic carbocycles. The molecule has 1 saturated heterocycles. The molecule has 0 radical (unpaired) electrons. The molecule has 4 heteroatoms. The molecule has 0 aliphatic carbocycles. The molecule has 1 aliphatic heterocycles. The summed E-state index contributed by atoms with van der Waals surface area (Å²) >= 11 is 6.18. The van der Waals surface area contributed by atoms with Crippen LogP contribution < -0.4 is 5.32 Å². The number of halogens is 1. The molecule has 19 heavy (non-hydrogen) atoms. The van der Waals surface area contributed by atoms with Crippen molar-refractivity contribution in [3.63, 3.8) is 0 Å². The molecule has 1 aromatic rings. The number of rotatable bonds is 3. The van der Waals surface area contributed by atoms with E-state index in [1.54, 1.807) is 0 Å². The van der Waals surface area contributed by atoms with Crippen molar-refractivity contribution in [3.05, 3.63) is 28.8 Å². The van der Waals surface area contributed by atoms with Crippen molar-refractivity contribution < 1.29 is 4.79 Å². The van der Waals surface area contributed by atoms with Gasteiger partial charge in [-0.3, -0.25) is 4.79 Å². The quantitative estimate of drug-likeness (QED) is 0.920. The molecule has 104 valence electrons. The van der Waals surface area contributed by atoms with Crippen LogP contribution in [0.15, 0.2) is 18.2 Å². The number of benzene rings is 1. The highest BCUT2D eigenvalue weighted by molar-refractivity contribution is 6.33. The summed E-state index contributed by atoms with van der Waals surface area (Å²) in [5.74, 6) is 0.166. The second-order valence-electron chi connectivity index (χ2n) is 5.18. The zero-order valence-electron chi connectivity index (χ0n) is 11.6. The molecule has 0 bridgehead atoms. The minimum atomic E-state index is -0.239. The zero-order valence-corrected chi connectivity index (χ0v) is 12.3. The Morgan fingerprint density at radius 2 is 2.00 bits per heavy atom. The highest BCUT2D eigenvalue weighted by atomic mass is 35.5. The first-order valence-electron chi connectivity index (χ1n) is 6.90. The molecule has 1 heterocycles. The third kappa shape index (κ3) is 3.41. The van der Waals surface area contributed by atoms with E-state index in [-0.39, 0.29) is 11.9 Å². The summed E-state index contributed by atoms with van der Waals surface area (Å²) in [5.41, 5.74) is 1.92. The number of piperidine rings is 1. The Morgan fingerprint density at radius 3 is 2.63 bits per heavy atom. The molecule has 0 aromatic heterocycles. The Labute approximate surface area is 119 Å². The third-order valence-corrected chi connectivity index (χ3v) is 3.94. The zero-order chi connectivity index (χ0) is 13.8. The van der Waals surface area contributed by atoms with Crippen molar-refractivity contribution in [2.45, 2.75) is 39.2 Å². The number of carbonyl (C=O) groups excluding carboxylic acids is 1. The third-order valence-electron chi connectivity index (χ3n) is 3.62. The van der Waals surface area contributed by atoms with Gasteiger partial charge in [-0.05, 0) is 44.7 Å². The van der Waals surface area contributed by atoms with Crippen molar-refractivity contribution in [1.82, 2.24) is 4.90 Å². The SMILES string of the molecule is Cc1cccc(Cl)c1NC(C)C(=O)N1CCCCC1. The first kappa shape index (κ1) is 14.2. The number of para-hydroxylation sites is 1. The van der Waals surface area contributed by atoms with Crippen LogP contribution in [0.3, 0.4) is 0 Å². The van der Waals surface area contributed by atoms with E-state index in [9.17, 15) is 4.79 Å². The summed E-state index contributed by atoms with van der Waals surface area (Å²) in [6.45, 7) is 5.66. The van der Waals surface area contributed by atoms with Crippen LogP contribution in [0.4, 0.5) is 5.69 Å². The number of amides is 1. The van der Waals surface area contributed by atoms with E-state index in [0.29, 0.717) is 5.02 Å². The molecule has 1 fully saturated rings. The molecule has 2 rings (SSSR count). The number of anilines is 1. The topological polar surface area (TPSA) is 32.3 Å². The van der Waals surface area contributed by atoms with E-state index in [2.05, 4.69) is 5.32 Å².